The van der Waals surface area contributed by atoms with E-state index in [1.54, 1.807) is 25.3 Å². The van der Waals surface area contributed by atoms with Crippen LogP contribution in [-0.2, 0) is 11.3 Å². The Morgan fingerprint density at radius 3 is 2.60 bits per heavy atom. The van der Waals surface area contributed by atoms with E-state index in [0.717, 1.165) is 27.2 Å². The van der Waals surface area contributed by atoms with E-state index in [1.165, 1.54) is 0 Å². The van der Waals surface area contributed by atoms with E-state index < -0.39 is 5.97 Å². The van der Waals surface area contributed by atoms with Gasteiger partial charge in [-0.15, -0.1) is 0 Å². The van der Waals surface area contributed by atoms with Crippen molar-refractivity contribution in [2.75, 3.05) is 6.61 Å². The molecule has 7 heteroatoms. The number of carbonyl (C=O) groups is 1. The van der Waals surface area contributed by atoms with Gasteiger partial charge in [-0.25, -0.2) is 9.78 Å². The normalized spacial score (nSPS) is 11.0. The van der Waals surface area contributed by atoms with Crippen LogP contribution in [0.2, 0.25) is 0 Å². The Morgan fingerprint density at radius 1 is 1.00 bits per heavy atom. The minimum absolute atomic E-state index is 0.0338. The van der Waals surface area contributed by atoms with Gasteiger partial charge in [0.2, 0.25) is 5.88 Å². The molecule has 0 amide bonds. The van der Waals surface area contributed by atoms with Gasteiger partial charge in [0.15, 0.2) is 0 Å². The van der Waals surface area contributed by atoms with Crippen LogP contribution >= 0.6 is 0 Å². The first-order valence-electron chi connectivity index (χ1n) is 11.3. The van der Waals surface area contributed by atoms with Gasteiger partial charge < -0.3 is 19.8 Å². The molecule has 0 fully saturated rings. The molecule has 3 aromatic carbocycles. The van der Waals surface area contributed by atoms with Crippen molar-refractivity contribution in [3.8, 4) is 11.6 Å². The summed E-state index contributed by atoms with van der Waals surface area (Å²) in [6.07, 6.45) is 1.68. The van der Waals surface area contributed by atoms with E-state index >= 15 is 0 Å². The summed E-state index contributed by atoms with van der Waals surface area (Å²) >= 11 is 0. The second kappa shape index (κ2) is 9.30. The summed E-state index contributed by atoms with van der Waals surface area (Å²) in [6, 6.07) is 24.8. The number of aromatic nitrogens is 2. The third kappa shape index (κ3) is 4.44. The lowest BCUT2D eigenvalue weighted by Gasteiger charge is -2.15. The van der Waals surface area contributed by atoms with Gasteiger partial charge in [0.25, 0.3) is 0 Å². The molecule has 3 N–H and O–H groups in total. The highest BCUT2D eigenvalue weighted by Gasteiger charge is 2.19. The fraction of sp³-hybridized carbons (Fsp3) is 0.107. The molecule has 2 heterocycles. The minimum Gasteiger partial charge on any atom is -0.461 e. The van der Waals surface area contributed by atoms with Gasteiger partial charge in [-0.05, 0) is 53.6 Å². The lowest BCUT2D eigenvalue weighted by atomic mass is 10.0. The Balaban J connectivity index is 1.66. The summed E-state index contributed by atoms with van der Waals surface area (Å²) in [5, 5.41) is 10.8. The molecule has 35 heavy (non-hydrogen) atoms. The number of pyridine rings is 1. The summed E-state index contributed by atoms with van der Waals surface area (Å²) in [5.41, 5.74) is 8.53. The van der Waals surface area contributed by atoms with Crippen LogP contribution in [0.3, 0.4) is 0 Å². The first kappa shape index (κ1) is 22.2. The van der Waals surface area contributed by atoms with Crippen LogP contribution in [0.1, 0.15) is 28.5 Å². The van der Waals surface area contributed by atoms with E-state index in [-0.39, 0.29) is 12.4 Å². The molecular formula is C28H24N4O3. The molecule has 2 aromatic heterocycles. The molecule has 0 atom stereocenters. The second-order valence-corrected chi connectivity index (χ2v) is 8.10. The number of benzene rings is 3. The van der Waals surface area contributed by atoms with Gasteiger partial charge >= 0.3 is 5.97 Å². The molecule has 0 aliphatic heterocycles. The third-order valence-corrected chi connectivity index (χ3v) is 5.81. The largest absolute Gasteiger partial charge is 0.461 e. The minimum atomic E-state index is -0.404. The fourth-order valence-corrected chi connectivity index (χ4v) is 4.21. The van der Waals surface area contributed by atoms with Crippen molar-refractivity contribution >= 4 is 33.5 Å². The molecule has 5 aromatic rings. The van der Waals surface area contributed by atoms with Crippen LogP contribution in [0.4, 0.5) is 0 Å². The first-order valence-corrected chi connectivity index (χ1v) is 11.3. The summed E-state index contributed by atoms with van der Waals surface area (Å²) in [6.45, 7) is 2.44. The number of nitrogen functional groups attached to an aromatic ring is 1. The van der Waals surface area contributed by atoms with Gasteiger partial charge in [0.05, 0.1) is 6.61 Å². The van der Waals surface area contributed by atoms with Crippen molar-refractivity contribution in [2.45, 2.75) is 13.5 Å². The first-order chi connectivity index (χ1) is 17.0. The van der Waals surface area contributed by atoms with Crippen molar-refractivity contribution in [2.24, 2.45) is 5.73 Å². The SMILES string of the molecule is CCOC(=O)c1cc2ccc(C(=N)N)cc2n1Cc1cc(Oc2ccccn2)cc2ccccc12. The monoisotopic (exact) mass is 464 g/mol. The van der Waals surface area contributed by atoms with Crippen molar-refractivity contribution in [1.82, 2.24) is 9.55 Å². The number of fused-ring (bicyclic) bond motifs is 2. The Bertz CT molecular complexity index is 1560. The van der Waals surface area contributed by atoms with Gasteiger partial charge in [-0.2, -0.15) is 0 Å². The standard InChI is InChI=1S/C28H24N4O3/c1-2-34-28(33)25-15-19-10-11-20(27(29)30)16-24(19)32(25)17-21-14-22(35-26-9-5-6-12-31-26)13-18-7-3-4-8-23(18)21/h3-16H,2,17H2,1H3,(H3,29,30). The van der Waals surface area contributed by atoms with Crippen molar-refractivity contribution < 1.29 is 14.3 Å². The summed E-state index contributed by atoms with van der Waals surface area (Å²) in [4.78, 5) is 17.1. The third-order valence-electron chi connectivity index (χ3n) is 5.81. The van der Waals surface area contributed by atoms with Gasteiger partial charge in [-0.1, -0.05) is 42.5 Å². The van der Waals surface area contributed by atoms with Crippen LogP contribution in [0, 0.1) is 5.41 Å². The summed E-state index contributed by atoms with van der Waals surface area (Å²) in [5.74, 6) is 0.709. The molecule has 0 saturated heterocycles. The van der Waals surface area contributed by atoms with Crippen LogP contribution in [0.5, 0.6) is 11.6 Å². The molecule has 7 nitrogen and oxygen atoms in total. The van der Waals surface area contributed by atoms with E-state index in [9.17, 15) is 4.79 Å². The maximum Gasteiger partial charge on any atom is 0.354 e. The maximum atomic E-state index is 12.9. The topological polar surface area (TPSA) is 103 Å². The van der Waals surface area contributed by atoms with Gasteiger partial charge in [0.1, 0.15) is 17.3 Å². The number of nitrogens with zero attached hydrogens (tertiary/aromatic N) is 2. The molecule has 0 bridgehead atoms. The quantitative estimate of drug-likeness (QED) is 0.188. The molecule has 0 aliphatic rings. The van der Waals surface area contributed by atoms with Crippen molar-refractivity contribution in [3.63, 3.8) is 0 Å². The smallest absolute Gasteiger partial charge is 0.354 e. The number of nitrogens with two attached hydrogens (primary N) is 1. The number of esters is 1. The van der Waals surface area contributed by atoms with Gasteiger partial charge in [0, 0.05) is 35.3 Å². The highest BCUT2D eigenvalue weighted by molar-refractivity contribution is 6.01. The average Bonchev–Trinajstić information content (AvgIpc) is 3.22. The molecule has 0 unspecified atom stereocenters. The predicted octanol–water partition coefficient (Wildman–Crippen LogP) is 5.49. The number of hydrogen-bond acceptors (Lipinski definition) is 5. The molecular weight excluding hydrogens is 440 g/mol. The highest BCUT2D eigenvalue weighted by Crippen LogP contribution is 2.31. The molecule has 0 saturated carbocycles. The van der Waals surface area contributed by atoms with Gasteiger partial charge in [-0.3, -0.25) is 5.41 Å². The van der Waals surface area contributed by atoms with E-state index in [4.69, 9.17) is 20.6 Å². The number of carbonyl (C=O) groups excluding carboxylic acids is 1. The van der Waals surface area contributed by atoms with Crippen LogP contribution in [0.15, 0.2) is 85.1 Å². The van der Waals surface area contributed by atoms with Crippen LogP contribution in [0.25, 0.3) is 21.7 Å². The average molecular weight is 465 g/mol. The second-order valence-electron chi connectivity index (χ2n) is 8.10. The molecule has 0 aliphatic carbocycles. The maximum absolute atomic E-state index is 12.9. The van der Waals surface area contributed by atoms with Crippen molar-refractivity contribution in [1.29, 1.82) is 5.41 Å². The summed E-state index contributed by atoms with van der Waals surface area (Å²) in [7, 11) is 0. The molecule has 0 spiro atoms. The zero-order valence-electron chi connectivity index (χ0n) is 19.2. The molecule has 174 valence electrons. The Labute approximate surface area is 202 Å². The predicted molar refractivity (Wildman–Crippen MR) is 136 cm³/mol. The Hall–Kier alpha value is -4.65. The zero-order chi connectivity index (χ0) is 24.4. The number of nitrogens with one attached hydrogen (secondary N) is 1. The summed E-state index contributed by atoms with van der Waals surface area (Å²) < 4.78 is 13.3. The van der Waals surface area contributed by atoms with Crippen molar-refractivity contribution in [3.05, 3.63) is 102 Å². The number of ether oxygens (including phenoxy) is 2. The Morgan fingerprint density at radius 2 is 1.83 bits per heavy atom. The Kier molecular flexibility index (Phi) is 5.89. The lowest BCUT2D eigenvalue weighted by molar-refractivity contribution is 0.0515. The lowest BCUT2D eigenvalue weighted by Crippen LogP contribution is -2.14. The molecule has 0 radical (unpaired) electrons. The zero-order valence-corrected chi connectivity index (χ0v) is 19.2. The van der Waals surface area contributed by atoms with E-state index in [1.807, 2.05) is 71.3 Å². The fourth-order valence-electron chi connectivity index (χ4n) is 4.21. The highest BCUT2D eigenvalue weighted by atomic mass is 16.5. The van der Waals surface area contributed by atoms with Crippen LogP contribution in [-0.4, -0.2) is 28.0 Å². The number of rotatable bonds is 7. The van der Waals surface area contributed by atoms with Crippen LogP contribution < -0.4 is 10.5 Å². The number of hydrogen-bond donors (Lipinski definition) is 2. The molecule has 5 rings (SSSR count). The van der Waals surface area contributed by atoms with E-state index in [2.05, 4.69) is 4.98 Å². The van der Waals surface area contributed by atoms with E-state index in [0.29, 0.717) is 29.4 Å². The number of amidine groups is 1.